The van der Waals surface area contributed by atoms with Crippen LogP contribution in [0.15, 0.2) is 88.6 Å². The Kier molecular flexibility index (Phi) is 10.7. The molecule has 6 aromatic rings. The molecular weight excluding hydrogens is 885 g/mol. The van der Waals surface area contributed by atoms with Crippen LogP contribution in [0, 0.1) is 17.6 Å². The molecule has 0 bridgehead atoms. The minimum atomic E-state index is -3.99. The number of hydrogen-bond donors (Lipinski definition) is 1. The predicted octanol–water partition coefficient (Wildman–Crippen LogP) is 8.10. The average molecular weight is 918 g/mol. The fourth-order valence-corrected chi connectivity index (χ4v) is 10.5. The molecule has 20 heteroatoms. The van der Waals surface area contributed by atoms with Gasteiger partial charge in [0.15, 0.2) is 0 Å². The second-order valence-corrected chi connectivity index (χ2v) is 18.0. The third-order valence-corrected chi connectivity index (χ3v) is 13.9. The summed E-state index contributed by atoms with van der Waals surface area (Å²) in [5.74, 6) is -8.79. The van der Waals surface area contributed by atoms with E-state index in [0.717, 1.165) is 16.7 Å². The average Bonchev–Trinajstić information content (AvgIpc) is 3.89. The summed E-state index contributed by atoms with van der Waals surface area (Å²) in [6.45, 7) is -0.333. The Morgan fingerprint density at radius 1 is 0.952 bits per heavy atom. The van der Waals surface area contributed by atoms with Crippen molar-refractivity contribution in [3.63, 3.8) is 0 Å². The SMILES string of the molecule is O=C(Cn1nc(C(F)F)c2c1C(F)(F)[C@@H]1C[C@H]21)N[C@@H](Cc1cc(F)cc(F)c1)c1nc2cc(-c3c(Cl)cccc3Cl)ccc2c(=O)n1-c1ccc(S(=O)(=O)N2CCOCC2)cc1. The van der Waals surface area contributed by atoms with Gasteiger partial charge in [-0.25, -0.2) is 31.0 Å². The number of carbonyl (C=O) groups is 1. The van der Waals surface area contributed by atoms with Gasteiger partial charge in [-0.15, -0.1) is 0 Å². The molecule has 1 amide bonds. The molecule has 2 fully saturated rings. The molecule has 3 aliphatic rings. The molecular formula is C42H32Cl2F6N6O5S. The highest BCUT2D eigenvalue weighted by atomic mass is 35.5. The van der Waals surface area contributed by atoms with E-state index in [1.54, 1.807) is 24.3 Å². The largest absolute Gasteiger partial charge is 0.379 e. The number of sulfonamides is 1. The van der Waals surface area contributed by atoms with Crippen LogP contribution in [-0.2, 0) is 38.4 Å². The normalized spacial score (nSPS) is 18.8. The number of benzene rings is 4. The van der Waals surface area contributed by atoms with Crippen LogP contribution in [0.1, 0.15) is 53.1 Å². The molecule has 0 unspecified atom stereocenters. The molecule has 62 heavy (non-hydrogen) atoms. The lowest BCUT2D eigenvalue weighted by Crippen LogP contribution is -2.40. The minimum Gasteiger partial charge on any atom is -0.379 e. The van der Waals surface area contributed by atoms with Crippen molar-refractivity contribution in [2.24, 2.45) is 5.92 Å². The van der Waals surface area contributed by atoms with Crippen LogP contribution >= 0.6 is 23.2 Å². The van der Waals surface area contributed by atoms with E-state index < -0.39 is 87.7 Å². The molecule has 322 valence electrons. The number of halogens is 8. The van der Waals surface area contributed by atoms with Gasteiger partial charge in [-0.3, -0.25) is 18.8 Å². The molecule has 0 spiro atoms. The molecule has 1 saturated carbocycles. The van der Waals surface area contributed by atoms with Crippen LogP contribution in [0.3, 0.4) is 0 Å². The molecule has 3 heterocycles. The highest BCUT2D eigenvalue weighted by molar-refractivity contribution is 7.89. The van der Waals surface area contributed by atoms with Gasteiger partial charge in [0.2, 0.25) is 15.9 Å². The van der Waals surface area contributed by atoms with Gasteiger partial charge in [0.25, 0.3) is 17.9 Å². The second kappa shape index (κ2) is 15.8. The Morgan fingerprint density at radius 2 is 1.63 bits per heavy atom. The van der Waals surface area contributed by atoms with E-state index in [2.05, 4.69) is 10.4 Å². The quantitative estimate of drug-likeness (QED) is 0.130. The third-order valence-electron chi connectivity index (χ3n) is 11.3. The van der Waals surface area contributed by atoms with E-state index >= 15 is 8.78 Å². The lowest BCUT2D eigenvalue weighted by molar-refractivity contribution is -0.123. The molecule has 1 aliphatic heterocycles. The summed E-state index contributed by atoms with van der Waals surface area (Å²) in [5.41, 5.74) is -1.70. The van der Waals surface area contributed by atoms with Crippen molar-refractivity contribution in [1.29, 1.82) is 0 Å². The summed E-state index contributed by atoms with van der Waals surface area (Å²) in [5, 5.41) is 6.97. The molecule has 1 saturated heterocycles. The Balaban J connectivity index is 1.19. The Morgan fingerprint density at radius 3 is 2.29 bits per heavy atom. The topological polar surface area (TPSA) is 128 Å². The van der Waals surface area contributed by atoms with Crippen molar-refractivity contribution in [2.45, 2.75) is 48.6 Å². The third kappa shape index (κ3) is 7.44. The van der Waals surface area contributed by atoms with E-state index in [-0.39, 0.29) is 81.2 Å². The number of rotatable bonds is 11. The van der Waals surface area contributed by atoms with E-state index in [1.165, 1.54) is 40.7 Å². The van der Waals surface area contributed by atoms with Gasteiger partial charge < -0.3 is 10.1 Å². The van der Waals surface area contributed by atoms with Crippen LogP contribution in [-0.4, -0.2) is 64.3 Å². The molecule has 2 aromatic heterocycles. The number of carbonyl (C=O) groups excluding carboxylic acids is 1. The number of morpholine rings is 1. The first-order chi connectivity index (χ1) is 29.5. The Labute approximate surface area is 358 Å². The smallest absolute Gasteiger partial charge is 0.293 e. The maximum atomic E-state index is 15.5. The van der Waals surface area contributed by atoms with Gasteiger partial charge >= 0.3 is 0 Å². The van der Waals surface area contributed by atoms with Gasteiger partial charge in [-0.05, 0) is 84.1 Å². The number of ether oxygens (including phenoxy) is 1. The van der Waals surface area contributed by atoms with Crippen LogP contribution in [0.25, 0.3) is 27.7 Å². The van der Waals surface area contributed by atoms with Crippen LogP contribution in [0.2, 0.25) is 10.0 Å². The summed E-state index contributed by atoms with van der Waals surface area (Å²) in [6.07, 6.45) is -3.65. The van der Waals surface area contributed by atoms with Crippen molar-refractivity contribution in [3.05, 3.63) is 139 Å². The number of alkyl halides is 4. The monoisotopic (exact) mass is 916 g/mol. The first-order valence-corrected chi connectivity index (χ1v) is 21.4. The van der Waals surface area contributed by atoms with Gasteiger partial charge in [0, 0.05) is 52.7 Å². The minimum absolute atomic E-state index is 0.000434. The Bertz CT molecular complexity index is 2920. The molecule has 11 nitrogen and oxygen atoms in total. The van der Waals surface area contributed by atoms with Crippen molar-refractivity contribution < 1.29 is 44.3 Å². The number of aromatic nitrogens is 4. The summed E-state index contributed by atoms with van der Waals surface area (Å²) in [4.78, 5) is 33.5. The fraction of sp³-hybridized carbons (Fsp3) is 0.286. The van der Waals surface area contributed by atoms with Crippen LogP contribution in [0.5, 0.6) is 0 Å². The Hall–Kier alpha value is -5.27. The van der Waals surface area contributed by atoms with Gasteiger partial charge in [-0.2, -0.15) is 18.2 Å². The van der Waals surface area contributed by atoms with Gasteiger partial charge in [0.05, 0.1) is 40.7 Å². The summed E-state index contributed by atoms with van der Waals surface area (Å²) < 4.78 is 124. The summed E-state index contributed by atoms with van der Waals surface area (Å²) in [7, 11) is -3.99. The molecule has 9 rings (SSSR count). The number of nitrogens with zero attached hydrogens (tertiary/aromatic N) is 5. The van der Waals surface area contributed by atoms with Crippen molar-refractivity contribution >= 4 is 50.0 Å². The van der Waals surface area contributed by atoms with Crippen molar-refractivity contribution in [1.82, 2.24) is 29.0 Å². The summed E-state index contributed by atoms with van der Waals surface area (Å²) in [6, 6.07) is 15.8. The van der Waals surface area contributed by atoms with E-state index in [4.69, 9.17) is 32.9 Å². The van der Waals surface area contributed by atoms with E-state index in [9.17, 15) is 35.6 Å². The zero-order valence-electron chi connectivity index (χ0n) is 32.0. The lowest BCUT2D eigenvalue weighted by atomic mass is 10.0. The van der Waals surface area contributed by atoms with Crippen molar-refractivity contribution in [2.75, 3.05) is 26.3 Å². The summed E-state index contributed by atoms with van der Waals surface area (Å²) >= 11 is 13.0. The first kappa shape index (κ1) is 42.1. The first-order valence-electron chi connectivity index (χ1n) is 19.2. The fourth-order valence-electron chi connectivity index (χ4n) is 8.44. The zero-order valence-corrected chi connectivity index (χ0v) is 34.3. The number of hydrogen-bond acceptors (Lipinski definition) is 7. The van der Waals surface area contributed by atoms with Crippen LogP contribution in [0.4, 0.5) is 26.3 Å². The second-order valence-electron chi connectivity index (χ2n) is 15.2. The molecule has 1 N–H and O–H groups in total. The number of amides is 1. The standard InChI is InChI=1S/C42H32Cl2F6N6O5S/c43-30-2-1-3-31(44)35(30)22-4-9-27-32(17-22)52-40(56(41(27)58)25-5-7-26(8-6-25)62(59,60)54-10-12-61-13-11-54)33(16-21-14-23(45)18-24(46)15-21)51-34(57)20-55-38-36(37(53-55)39(47)48)28-19-29(28)42(38,49)50/h1-9,14-15,17-18,28-29,33,39H,10-13,16,19-20H2,(H,51,57)/t28-,29+,33-/m0/s1. The van der Waals surface area contributed by atoms with Crippen molar-refractivity contribution in [3.8, 4) is 16.8 Å². The zero-order chi connectivity index (χ0) is 43.8. The van der Waals surface area contributed by atoms with Gasteiger partial charge in [0.1, 0.15) is 35.4 Å². The molecule has 0 radical (unpaired) electrons. The van der Waals surface area contributed by atoms with Gasteiger partial charge in [-0.1, -0.05) is 35.3 Å². The van der Waals surface area contributed by atoms with E-state index in [0.29, 0.717) is 21.9 Å². The molecule has 2 aliphatic carbocycles. The highest BCUT2D eigenvalue weighted by Gasteiger charge is 2.67. The lowest BCUT2D eigenvalue weighted by Gasteiger charge is -2.26. The maximum Gasteiger partial charge on any atom is 0.293 e. The highest BCUT2D eigenvalue weighted by Crippen LogP contribution is 2.68. The number of nitrogens with one attached hydrogen (secondary N) is 1. The molecule has 3 atom stereocenters. The number of fused-ring (bicyclic) bond motifs is 4. The predicted molar refractivity (Wildman–Crippen MR) is 215 cm³/mol. The molecule has 4 aromatic carbocycles. The van der Waals surface area contributed by atoms with Crippen LogP contribution < -0.4 is 10.9 Å². The maximum absolute atomic E-state index is 15.5. The van der Waals surface area contributed by atoms with E-state index in [1.807, 2.05) is 0 Å².